The van der Waals surface area contributed by atoms with Crippen LogP contribution in [0.1, 0.15) is 24.0 Å². The van der Waals surface area contributed by atoms with Crippen molar-refractivity contribution in [3.8, 4) is 0 Å². The van der Waals surface area contributed by atoms with E-state index in [-0.39, 0.29) is 37.8 Å². The maximum atomic E-state index is 13.2. The minimum absolute atomic E-state index is 0.00408. The summed E-state index contributed by atoms with van der Waals surface area (Å²) in [6.07, 6.45) is -4.23. The fourth-order valence-electron chi connectivity index (χ4n) is 3.65. The van der Waals surface area contributed by atoms with Gasteiger partial charge in [0.2, 0.25) is 15.9 Å². The van der Waals surface area contributed by atoms with Gasteiger partial charge in [0.05, 0.1) is 10.5 Å². The van der Waals surface area contributed by atoms with Crippen LogP contribution in [-0.2, 0) is 27.5 Å². The van der Waals surface area contributed by atoms with Gasteiger partial charge in [-0.15, -0.1) is 0 Å². The Kier molecular flexibility index (Phi) is 6.52. The predicted molar refractivity (Wildman–Crippen MR) is 106 cm³/mol. The van der Waals surface area contributed by atoms with E-state index in [2.05, 4.69) is 0 Å². The van der Waals surface area contributed by atoms with Crippen molar-refractivity contribution >= 4 is 15.9 Å². The number of alkyl halides is 3. The average Bonchev–Trinajstić information content (AvgIpc) is 2.73. The first-order chi connectivity index (χ1) is 14.1. The highest BCUT2D eigenvalue weighted by molar-refractivity contribution is 7.89. The zero-order chi connectivity index (χ0) is 21.9. The molecule has 9 heteroatoms. The lowest BCUT2D eigenvalue weighted by Crippen LogP contribution is -2.43. The molecule has 30 heavy (non-hydrogen) atoms. The normalized spacial score (nSPS) is 16.4. The first kappa shape index (κ1) is 22.3. The molecule has 0 radical (unpaired) electrons. The van der Waals surface area contributed by atoms with Gasteiger partial charge in [0.1, 0.15) is 0 Å². The Morgan fingerprint density at radius 1 is 1.03 bits per heavy atom. The lowest BCUT2D eigenvalue weighted by atomic mass is 9.96. The Hall–Kier alpha value is -2.39. The van der Waals surface area contributed by atoms with Crippen LogP contribution in [0.5, 0.6) is 0 Å². The highest BCUT2D eigenvalue weighted by Crippen LogP contribution is 2.36. The van der Waals surface area contributed by atoms with Crippen molar-refractivity contribution in [2.75, 3.05) is 20.1 Å². The number of hydrogen-bond donors (Lipinski definition) is 0. The molecule has 0 aliphatic carbocycles. The van der Waals surface area contributed by atoms with Gasteiger partial charge < -0.3 is 4.90 Å². The van der Waals surface area contributed by atoms with Crippen LogP contribution in [0.2, 0.25) is 0 Å². The molecule has 0 atom stereocenters. The SMILES string of the molecule is CN(Cc1ccccc1)C(=O)C1CCN(S(=O)(=O)c2ccccc2C(F)(F)F)CC1. The molecular formula is C21H23F3N2O3S. The molecule has 1 aliphatic heterocycles. The third kappa shape index (κ3) is 4.84. The second kappa shape index (κ2) is 8.77. The maximum Gasteiger partial charge on any atom is 0.417 e. The molecule has 0 spiro atoms. The highest BCUT2D eigenvalue weighted by Gasteiger charge is 2.40. The largest absolute Gasteiger partial charge is 0.417 e. The third-order valence-corrected chi connectivity index (χ3v) is 7.21. The van der Waals surface area contributed by atoms with Crippen LogP contribution in [-0.4, -0.2) is 43.7 Å². The summed E-state index contributed by atoms with van der Waals surface area (Å²) in [5, 5.41) is 0. The van der Waals surface area contributed by atoms with Crippen LogP contribution < -0.4 is 0 Å². The first-order valence-corrected chi connectivity index (χ1v) is 11.0. The zero-order valence-corrected chi connectivity index (χ0v) is 17.3. The van der Waals surface area contributed by atoms with Crippen LogP contribution in [0.25, 0.3) is 0 Å². The molecule has 1 saturated heterocycles. The number of nitrogens with zero attached hydrogens (tertiary/aromatic N) is 2. The molecule has 5 nitrogen and oxygen atoms in total. The van der Waals surface area contributed by atoms with Crippen LogP contribution in [0.3, 0.4) is 0 Å². The first-order valence-electron chi connectivity index (χ1n) is 9.56. The number of hydrogen-bond acceptors (Lipinski definition) is 3. The molecule has 1 heterocycles. The van der Waals surface area contributed by atoms with E-state index in [0.717, 1.165) is 28.1 Å². The molecule has 3 rings (SSSR count). The Labute approximate surface area is 174 Å². The third-order valence-electron chi connectivity index (χ3n) is 5.25. The summed E-state index contributed by atoms with van der Waals surface area (Å²) in [7, 11) is -2.61. The van der Waals surface area contributed by atoms with Gasteiger partial charge in [-0.2, -0.15) is 17.5 Å². The number of piperidine rings is 1. The molecule has 162 valence electrons. The number of rotatable bonds is 5. The van der Waals surface area contributed by atoms with Crippen molar-refractivity contribution in [1.82, 2.24) is 9.21 Å². The summed E-state index contributed by atoms with van der Waals surface area (Å²) in [5.41, 5.74) is -0.192. The number of sulfonamides is 1. The van der Waals surface area contributed by atoms with Gasteiger partial charge in [-0.1, -0.05) is 42.5 Å². The van der Waals surface area contributed by atoms with Gasteiger partial charge in [0, 0.05) is 32.6 Å². The standard InChI is InChI=1S/C21H23F3N2O3S/c1-25(15-16-7-3-2-4-8-16)20(27)17-11-13-26(14-12-17)30(28,29)19-10-6-5-9-18(19)21(22,23)24/h2-10,17H,11-15H2,1H3. The number of benzene rings is 2. The van der Waals surface area contributed by atoms with Gasteiger partial charge in [-0.05, 0) is 30.5 Å². The second-order valence-electron chi connectivity index (χ2n) is 7.35. The Bertz CT molecular complexity index is 986. The lowest BCUT2D eigenvalue weighted by molar-refractivity contribution is -0.140. The Balaban J connectivity index is 1.67. The summed E-state index contributed by atoms with van der Waals surface area (Å²) in [5.74, 6) is -0.449. The second-order valence-corrected chi connectivity index (χ2v) is 9.26. The smallest absolute Gasteiger partial charge is 0.341 e. The molecule has 1 fully saturated rings. The minimum atomic E-state index is -4.77. The summed E-state index contributed by atoms with van der Waals surface area (Å²) in [4.78, 5) is 13.6. The van der Waals surface area contributed by atoms with Crippen molar-refractivity contribution in [3.05, 3.63) is 65.7 Å². The number of carbonyl (C=O) groups is 1. The van der Waals surface area contributed by atoms with Crippen molar-refractivity contribution in [3.63, 3.8) is 0 Å². The lowest BCUT2D eigenvalue weighted by Gasteiger charge is -2.33. The Morgan fingerprint density at radius 3 is 2.20 bits per heavy atom. The van der Waals surface area contributed by atoms with E-state index in [1.54, 1.807) is 11.9 Å². The van der Waals surface area contributed by atoms with Crippen LogP contribution in [0.4, 0.5) is 13.2 Å². The van der Waals surface area contributed by atoms with Gasteiger partial charge in [-0.3, -0.25) is 4.79 Å². The van der Waals surface area contributed by atoms with Crippen LogP contribution >= 0.6 is 0 Å². The summed E-state index contributed by atoms with van der Waals surface area (Å²) in [6, 6.07) is 13.7. The van der Waals surface area contributed by atoms with E-state index in [1.165, 1.54) is 6.07 Å². The van der Waals surface area contributed by atoms with Crippen molar-refractivity contribution in [2.45, 2.75) is 30.5 Å². The van der Waals surface area contributed by atoms with E-state index in [9.17, 15) is 26.4 Å². The minimum Gasteiger partial charge on any atom is -0.341 e. The van der Waals surface area contributed by atoms with Gasteiger partial charge in [0.25, 0.3) is 0 Å². The summed E-state index contributed by atoms with van der Waals surface area (Å²) < 4.78 is 66.5. The summed E-state index contributed by atoms with van der Waals surface area (Å²) in [6.45, 7) is 0.450. The molecule has 0 N–H and O–H groups in total. The molecule has 0 bridgehead atoms. The number of amides is 1. The topological polar surface area (TPSA) is 57.7 Å². The van der Waals surface area contributed by atoms with Gasteiger partial charge in [-0.25, -0.2) is 8.42 Å². The fourth-order valence-corrected chi connectivity index (χ4v) is 5.34. The fraction of sp³-hybridized carbons (Fsp3) is 0.381. The van der Waals surface area contributed by atoms with Crippen molar-refractivity contribution in [2.24, 2.45) is 5.92 Å². The highest BCUT2D eigenvalue weighted by atomic mass is 32.2. The molecule has 1 amide bonds. The van der Waals surface area contributed by atoms with Crippen LogP contribution in [0, 0.1) is 5.92 Å². The van der Waals surface area contributed by atoms with Gasteiger partial charge >= 0.3 is 6.18 Å². The monoisotopic (exact) mass is 440 g/mol. The predicted octanol–water partition coefficient (Wildman–Crippen LogP) is 3.76. The molecule has 0 unspecified atom stereocenters. The van der Waals surface area contributed by atoms with E-state index >= 15 is 0 Å². The van der Waals surface area contributed by atoms with Crippen molar-refractivity contribution in [1.29, 1.82) is 0 Å². The Morgan fingerprint density at radius 2 is 1.60 bits per heavy atom. The maximum absolute atomic E-state index is 13.2. The van der Waals surface area contributed by atoms with E-state index in [4.69, 9.17) is 0 Å². The summed E-state index contributed by atoms with van der Waals surface area (Å²) >= 11 is 0. The molecular weight excluding hydrogens is 417 g/mol. The molecule has 0 aromatic heterocycles. The molecule has 1 aliphatic rings. The molecule has 0 saturated carbocycles. The molecule has 2 aromatic carbocycles. The molecule has 2 aromatic rings. The van der Waals surface area contributed by atoms with E-state index < -0.39 is 26.7 Å². The zero-order valence-electron chi connectivity index (χ0n) is 16.5. The average molecular weight is 440 g/mol. The van der Waals surface area contributed by atoms with Crippen LogP contribution in [0.15, 0.2) is 59.5 Å². The van der Waals surface area contributed by atoms with Crippen molar-refractivity contribution < 1.29 is 26.4 Å². The number of carbonyl (C=O) groups excluding carboxylic acids is 1. The van der Waals surface area contributed by atoms with E-state index in [0.29, 0.717) is 6.54 Å². The van der Waals surface area contributed by atoms with Gasteiger partial charge in [0.15, 0.2) is 0 Å². The quantitative estimate of drug-likeness (QED) is 0.711. The number of halogens is 3. The van der Waals surface area contributed by atoms with E-state index in [1.807, 2.05) is 30.3 Å².